The first-order chi connectivity index (χ1) is 6.59. The third-order valence-corrected chi connectivity index (χ3v) is 2.83. The Hall–Kier alpha value is -0.940. The molecule has 1 heterocycles. The van der Waals surface area contributed by atoms with E-state index in [1.54, 1.807) is 6.07 Å². The number of hydrogen-bond donors (Lipinski definition) is 1. The lowest BCUT2D eigenvalue weighted by Gasteiger charge is -2.36. The van der Waals surface area contributed by atoms with Crippen LogP contribution in [0, 0.1) is 5.82 Å². The average molecular weight is 259 g/mol. The molecule has 1 aliphatic rings. The van der Waals surface area contributed by atoms with Crippen molar-refractivity contribution in [2.24, 2.45) is 5.73 Å². The molecule has 0 saturated carbocycles. The molecule has 1 saturated heterocycles. The standard InChI is InChI=1S/C9H8BrFN2O/c10-6-2-1-5(11)3-8(6)13-4-7(12)9(13)14/h1-3,7H,4,12H2. The highest BCUT2D eigenvalue weighted by Crippen LogP contribution is 2.30. The van der Waals surface area contributed by atoms with Crippen LogP contribution in [0.1, 0.15) is 0 Å². The summed E-state index contributed by atoms with van der Waals surface area (Å²) < 4.78 is 13.6. The van der Waals surface area contributed by atoms with E-state index in [0.717, 1.165) is 0 Å². The van der Waals surface area contributed by atoms with Gasteiger partial charge in [0.25, 0.3) is 0 Å². The topological polar surface area (TPSA) is 46.3 Å². The Morgan fingerprint density at radius 2 is 2.29 bits per heavy atom. The molecule has 1 fully saturated rings. The number of anilines is 1. The fourth-order valence-corrected chi connectivity index (χ4v) is 1.82. The Kier molecular flexibility index (Phi) is 2.28. The highest BCUT2D eigenvalue weighted by molar-refractivity contribution is 9.10. The van der Waals surface area contributed by atoms with E-state index in [1.807, 2.05) is 0 Å². The van der Waals surface area contributed by atoms with Gasteiger partial charge < -0.3 is 10.6 Å². The fourth-order valence-electron chi connectivity index (χ4n) is 1.36. The van der Waals surface area contributed by atoms with Crippen LogP contribution in [-0.4, -0.2) is 18.5 Å². The van der Waals surface area contributed by atoms with Crippen LogP contribution in [0.3, 0.4) is 0 Å². The van der Waals surface area contributed by atoms with Crippen LogP contribution in [0.15, 0.2) is 22.7 Å². The molecule has 1 aromatic rings. The summed E-state index contributed by atoms with van der Waals surface area (Å²) >= 11 is 3.25. The zero-order chi connectivity index (χ0) is 10.3. The maximum Gasteiger partial charge on any atom is 0.245 e. The molecular weight excluding hydrogens is 251 g/mol. The van der Waals surface area contributed by atoms with Gasteiger partial charge in [-0.1, -0.05) is 0 Å². The Morgan fingerprint density at radius 1 is 1.57 bits per heavy atom. The first kappa shape index (κ1) is 9.61. The van der Waals surface area contributed by atoms with Crippen molar-refractivity contribution in [1.29, 1.82) is 0 Å². The predicted octanol–water partition coefficient (Wildman–Crippen LogP) is 1.26. The second-order valence-corrected chi connectivity index (χ2v) is 4.01. The number of nitrogens with zero attached hydrogens (tertiary/aromatic N) is 1. The SMILES string of the molecule is NC1CN(c2cc(F)ccc2Br)C1=O. The second-order valence-electron chi connectivity index (χ2n) is 3.15. The normalized spacial score (nSPS) is 20.9. The Morgan fingerprint density at radius 3 is 2.86 bits per heavy atom. The molecule has 1 aromatic carbocycles. The summed E-state index contributed by atoms with van der Waals surface area (Å²) in [7, 11) is 0. The van der Waals surface area contributed by atoms with Gasteiger partial charge in [-0.2, -0.15) is 0 Å². The lowest BCUT2D eigenvalue weighted by Crippen LogP contribution is -2.61. The van der Waals surface area contributed by atoms with E-state index >= 15 is 0 Å². The zero-order valence-corrected chi connectivity index (χ0v) is 8.79. The predicted molar refractivity (Wildman–Crippen MR) is 54.4 cm³/mol. The maximum atomic E-state index is 12.9. The summed E-state index contributed by atoms with van der Waals surface area (Å²) in [5.74, 6) is -0.534. The summed E-state index contributed by atoms with van der Waals surface area (Å²) in [6.07, 6.45) is 0. The summed E-state index contributed by atoms with van der Waals surface area (Å²) in [5, 5.41) is 0. The largest absolute Gasteiger partial charge is 0.318 e. The van der Waals surface area contributed by atoms with Crippen molar-refractivity contribution in [3.05, 3.63) is 28.5 Å². The average Bonchev–Trinajstić information content (AvgIpc) is 2.18. The molecule has 0 radical (unpaired) electrons. The summed E-state index contributed by atoms with van der Waals surface area (Å²) in [6, 6.07) is 3.78. The van der Waals surface area contributed by atoms with E-state index in [1.165, 1.54) is 17.0 Å². The quantitative estimate of drug-likeness (QED) is 0.772. The molecule has 0 aromatic heterocycles. The van der Waals surface area contributed by atoms with Crippen molar-refractivity contribution in [3.8, 4) is 0 Å². The molecule has 14 heavy (non-hydrogen) atoms. The molecule has 0 spiro atoms. The summed E-state index contributed by atoms with van der Waals surface area (Å²) in [5.41, 5.74) is 5.98. The van der Waals surface area contributed by atoms with E-state index in [0.29, 0.717) is 16.7 Å². The van der Waals surface area contributed by atoms with Crippen LogP contribution in [0.5, 0.6) is 0 Å². The fraction of sp³-hybridized carbons (Fsp3) is 0.222. The lowest BCUT2D eigenvalue weighted by atomic mass is 10.1. The number of β-lactam (4-membered cyclic amide) rings is 1. The number of nitrogens with two attached hydrogens (primary N) is 1. The molecule has 3 nitrogen and oxygen atoms in total. The first-order valence-corrected chi connectivity index (χ1v) is 4.91. The van der Waals surface area contributed by atoms with E-state index in [2.05, 4.69) is 15.9 Å². The van der Waals surface area contributed by atoms with E-state index in [-0.39, 0.29) is 11.7 Å². The van der Waals surface area contributed by atoms with E-state index in [9.17, 15) is 9.18 Å². The highest BCUT2D eigenvalue weighted by Gasteiger charge is 2.35. The minimum absolute atomic E-state index is 0.170. The van der Waals surface area contributed by atoms with Crippen LogP contribution >= 0.6 is 15.9 Å². The van der Waals surface area contributed by atoms with E-state index < -0.39 is 6.04 Å². The van der Waals surface area contributed by atoms with Gasteiger partial charge in [-0.15, -0.1) is 0 Å². The molecule has 1 unspecified atom stereocenters. The molecule has 0 bridgehead atoms. The van der Waals surface area contributed by atoms with Gasteiger partial charge in [0.15, 0.2) is 0 Å². The van der Waals surface area contributed by atoms with Gasteiger partial charge in [0.05, 0.1) is 12.2 Å². The Bertz CT molecular complexity index is 396. The number of hydrogen-bond acceptors (Lipinski definition) is 2. The summed E-state index contributed by atoms with van der Waals surface area (Å²) in [4.78, 5) is 12.7. The Balaban J connectivity index is 2.33. The van der Waals surface area contributed by atoms with Crippen molar-refractivity contribution in [1.82, 2.24) is 0 Å². The number of carbonyl (C=O) groups is 1. The van der Waals surface area contributed by atoms with Crippen LogP contribution in [0.25, 0.3) is 0 Å². The van der Waals surface area contributed by atoms with Crippen molar-refractivity contribution in [3.63, 3.8) is 0 Å². The van der Waals surface area contributed by atoms with Crippen LogP contribution < -0.4 is 10.6 Å². The van der Waals surface area contributed by atoms with Crippen LogP contribution in [0.2, 0.25) is 0 Å². The minimum Gasteiger partial charge on any atom is -0.318 e. The number of benzene rings is 1. The number of carbonyl (C=O) groups excluding carboxylic acids is 1. The monoisotopic (exact) mass is 258 g/mol. The van der Waals surface area contributed by atoms with Crippen molar-refractivity contribution in [2.75, 3.05) is 11.4 Å². The molecule has 74 valence electrons. The van der Waals surface area contributed by atoms with Crippen LogP contribution in [-0.2, 0) is 4.79 Å². The van der Waals surface area contributed by atoms with Crippen molar-refractivity contribution < 1.29 is 9.18 Å². The zero-order valence-electron chi connectivity index (χ0n) is 7.21. The minimum atomic E-state index is -0.440. The Labute approximate surface area is 88.8 Å². The maximum absolute atomic E-state index is 12.9. The summed E-state index contributed by atoms with van der Waals surface area (Å²) in [6.45, 7) is 0.445. The van der Waals surface area contributed by atoms with Gasteiger partial charge in [-0.3, -0.25) is 4.79 Å². The molecule has 1 amide bonds. The number of amides is 1. The third-order valence-electron chi connectivity index (χ3n) is 2.16. The van der Waals surface area contributed by atoms with Gasteiger partial charge in [0.1, 0.15) is 11.9 Å². The molecule has 0 aliphatic carbocycles. The first-order valence-electron chi connectivity index (χ1n) is 4.11. The second kappa shape index (κ2) is 3.33. The van der Waals surface area contributed by atoms with Gasteiger partial charge in [0, 0.05) is 4.47 Å². The van der Waals surface area contributed by atoms with E-state index in [4.69, 9.17) is 5.73 Å². The lowest BCUT2D eigenvalue weighted by molar-refractivity contribution is -0.123. The molecule has 1 atom stereocenters. The van der Waals surface area contributed by atoms with Crippen molar-refractivity contribution >= 4 is 27.5 Å². The molecule has 2 N–H and O–H groups in total. The van der Waals surface area contributed by atoms with Gasteiger partial charge >= 0.3 is 0 Å². The molecule has 1 aliphatic heterocycles. The van der Waals surface area contributed by atoms with Crippen LogP contribution in [0.4, 0.5) is 10.1 Å². The highest BCUT2D eigenvalue weighted by atomic mass is 79.9. The molecular formula is C9H8BrFN2O. The number of halogens is 2. The number of rotatable bonds is 1. The smallest absolute Gasteiger partial charge is 0.245 e. The molecule has 2 rings (SSSR count). The third kappa shape index (κ3) is 1.42. The molecule has 5 heteroatoms. The van der Waals surface area contributed by atoms with Gasteiger partial charge in [-0.25, -0.2) is 4.39 Å². The van der Waals surface area contributed by atoms with Gasteiger partial charge in [-0.05, 0) is 34.1 Å². The van der Waals surface area contributed by atoms with Crippen molar-refractivity contribution in [2.45, 2.75) is 6.04 Å². The van der Waals surface area contributed by atoms with Gasteiger partial charge in [0.2, 0.25) is 5.91 Å².